The van der Waals surface area contributed by atoms with Gasteiger partial charge in [0.2, 0.25) is 0 Å². The van der Waals surface area contributed by atoms with Gasteiger partial charge >= 0.3 is 0 Å². The van der Waals surface area contributed by atoms with Gasteiger partial charge in [0.1, 0.15) is 0 Å². The minimum Gasteiger partial charge on any atom is -0.310 e. The van der Waals surface area contributed by atoms with Crippen molar-refractivity contribution < 1.29 is 0 Å². The number of hydrogen-bond acceptors (Lipinski definition) is 2. The topological polar surface area (TPSA) is 6.48 Å². The molecule has 5 aliphatic carbocycles. The van der Waals surface area contributed by atoms with Crippen molar-refractivity contribution in [2.45, 2.75) is 160 Å². The Morgan fingerprint density at radius 1 is 0.500 bits per heavy atom. The second kappa shape index (κ2) is 15.0. The average molecular weight is 647 g/mol. The van der Waals surface area contributed by atoms with Crippen molar-refractivity contribution >= 4 is 0 Å². The van der Waals surface area contributed by atoms with Crippen LogP contribution in [0.15, 0.2) is 83.4 Å². The van der Waals surface area contributed by atoms with Crippen molar-refractivity contribution in [2.24, 2.45) is 41.4 Å². The van der Waals surface area contributed by atoms with Crippen LogP contribution in [0.2, 0.25) is 0 Å². The maximum Gasteiger partial charge on any atom is 0.0464 e. The SMILES string of the molecule is CC1CCC(N(C2CCC(C)CC2)C2CCC(/C=C/C3CCC(C4CCC(C5=CC6=CC=CC7=CC=CC(=C5)N76)CC4)CC3)CC2)CC1. The quantitative estimate of drug-likeness (QED) is 0.254. The lowest BCUT2D eigenvalue weighted by atomic mass is 9.68. The van der Waals surface area contributed by atoms with Gasteiger partial charge in [0, 0.05) is 35.2 Å². The van der Waals surface area contributed by atoms with E-state index in [2.05, 4.69) is 84.4 Å². The largest absolute Gasteiger partial charge is 0.310 e. The number of rotatable bonds is 7. The average Bonchev–Trinajstić information content (AvgIpc) is 3.13. The molecule has 0 radical (unpaired) electrons. The van der Waals surface area contributed by atoms with Gasteiger partial charge < -0.3 is 4.90 Å². The van der Waals surface area contributed by atoms with Crippen LogP contribution < -0.4 is 0 Å². The van der Waals surface area contributed by atoms with Gasteiger partial charge in [-0.3, -0.25) is 4.90 Å². The first-order chi connectivity index (χ1) is 23.6. The van der Waals surface area contributed by atoms with Crippen LogP contribution in [-0.2, 0) is 0 Å². The summed E-state index contributed by atoms with van der Waals surface area (Å²) in [5.41, 5.74) is 5.59. The molecule has 8 aliphatic rings. The van der Waals surface area contributed by atoms with Gasteiger partial charge in [-0.1, -0.05) is 38.2 Å². The molecular formula is C46H66N2. The van der Waals surface area contributed by atoms with E-state index >= 15 is 0 Å². The monoisotopic (exact) mass is 647 g/mol. The van der Waals surface area contributed by atoms with E-state index in [-0.39, 0.29) is 0 Å². The molecule has 0 N–H and O–H groups in total. The summed E-state index contributed by atoms with van der Waals surface area (Å²) in [4.78, 5) is 5.58. The molecule has 8 rings (SSSR count). The van der Waals surface area contributed by atoms with Gasteiger partial charge in [-0.15, -0.1) is 0 Å². The number of nitrogens with zero attached hydrogens (tertiary/aromatic N) is 2. The molecule has 2 nitrogen and oxygen atoms in total. The van der Waals surface area contributed by atoms with E-state index in [4.69, 9.17) is 0 Å². The van der Waals surface area contributed by atoms with Crippen molar-refractivity contribution in [3.8, 4) is 0 Å². The van der Waals surface area contributed by atoms with Crippen LogP contribution in [0.5, 0.6) is 0 Å². The van der Waals surface area contributed by atoms with Gasteiger partial charge in [-0.25, -0.2) is 0 Å². The van der Waals surface area contributed by atoms with E-state index in [1.807, 2.05) is 0 Å². The lowest BCUT2D eigenvalue weighted by Crippen LogP contribution is -2.52. The molecular weight excluding hydrogens is 581 g/mol. The molecule has 0 saturated heterocycles. The Balaban J connectivity index is 0.785. The van der Waals surface area contributed by atoms with Gasteiger partial charge in [-0.05, 0) is 212 Å². The Morgan fingerprint density at radius 2 is 0.958 bits per heavy atom. The van der Waals surface area contributed by atoms with Crippen LogP contribution in [0.4, 0.5) is 0 Å². The molecule has 0 aromatic heterocycles. The maximum absolute atomic E-state index is 3.16. The smallest absolute Gasteiger partial charge is 0.0464 e. The summed E-state index contributed by atoms with van der Waals surface area (Å²) in [5, 5.41) is 0. The van der Waals surface area contributed by atoms with Crippen LogP contribution in [0.25, 0.3) is 0 Å². The molecule has 0 aromatic rings. The summed E-state index contributed by atoms with van der Waals surface area (Å²) < 4.78 is 0. The standard InChI is InChI=1S/C46H66N2/c1-33-9-25-42(26-10-33)47(43-27-11-34(2)12-28-43)44-29-17-36(18-30-44)14-13-35-15-19-37(20-16-35)38-21-23-39(24-22-38)40-31-45-7-3-5-41-6-4-8-46(32-40)48(41)45/h3-8,13-14,31-39,42-44H,9-12,15-30H2,1-2H3/b14-13+. The van der Waals surface area contributed by atoms with E-state index in [9.17, 15) is 0 Å². The van der Waals surface area contributed by atoms with Crippen molar-refractivity contribution in [1.29, 1.82) is 0 Å². The highest BCUT2D eigenvalue weighted by molar-refractivity contribution is 5.54. The summed E-state index contributed by atoms with van der Waals surface area (Å²) in [7, 11) is 0. The minimum atomic E-state index is 0.740. The highest BCUT2D eigenvalue weighted by atomic mass is 15.2. The van der Waals surface area contributed by atoms with Crippen LogP contribution >= 0.6 is 0 Å². The summed E-state index contributed by atoms with van der Waals surface area (Å²) in [5.74, 6) is 6.30. The Kier molecular flexibility index (Phi) is 10.4. The molecule has 3 aliphatic heterocycles. The fourth-order valence-electron chi connectivity index (χ4n) is 11.8. The second-order valence-corrected chi connectivity index (χ2v) is 18.0. The molecule has 0 bridgehead atoms. The molecule has 260 valence electrons. The van der Waals surface area contributed by atoms with Crippen molar-refractivity contribution in [3.63, 3.8) is 0 Å². The zero-order valence-corrected chi connectivity index (χ0v) is 30.6. The summed E-state index contributed by atoms with van der Waals surface area (Å²) >= 11 is 0. The van der Waals surface area contributed by atoms with Crippen molar-refractivity contribution in [3.05, 3.63) is 83.4 Å². The summed E-state index contributed by atoms with van der Waals surface area (Å²) in [6, 6.07) is 2.64. The van der Waals surface area contributed by atoms with Crippen LogP contribution in [0.1, 0.15) is 142 Å². The predicted octanol–water partition coefficient (Wildman–Crippen LogP) is 12.2. The highest BCUT2D eigenvalue weighted by Gasteiger charge is 2.38. The first kappa shape index (κ1) is 33.1. The Morgan fingerprint density at radius 3 is 1.52 bits per heavy atom. The zero-order valence-electron chi connectivity index (χ0n) is 30.6. The molecule has 2 heteroatoms. The second-order valence-electron chi connectivity index (χ2n) is 18.0. The Labute approximate surface area is 294 Å². The normalized spacial score (nSPS) is 40.3. The number of allylic oxidation sites excluding steroid dienone is 11. The molecule has 0 amide bonds. The van der Waals surface area contributed by atoms with E-state index < -0.39 is 0 Å². The summed E-state index contributed by atoms with van der Waals surface area (Å²) in [6.45, 7) is 4.98. The Bertz CT molecular complexity index is 1290. The third-order valence-electron chi connectivity index (χ3n) is 14.8. The summed E-state index contributed by atoms with van der Waals surface area (Å²) in [6.07, 6.45) is 52.9. The van der Waals surface area contributed by atoms with Gasteiger partial charge in [0.15, 0.2) is 0 Å². The third-order valence-corrected chi connectivity index (χ3v) is 14.8. The molecule has 0 atom stereocenters. The van der Waals surface area contributed by atoms with E-state index in [0.29, 0.717) is 0 Å². The van der Waals surface area contributed by atoms with Crippen LogP contribution in [-0.4, -0.2) is 27.9 Å². The minimum absolute atomic E-state index is 0.740. The van der Waals surface area contributed by atoms with E-state index in [1.165, 1.54) is 146 Å². The van der Waals surface area contributed by atoms with Crippen LogP contribution in [0.3, 0.4) is 0 Å². The fraction of sp³-hybridized carbons (Fsp3) is 0.696. The predicted molar refractivity (Wildman–Crippen MR) is 203 cm³/mol. The van der Waals surface area contributed by atoms with Crippen molar-refractivity contribution in [2.75, 3.05) is 0 Å². The molecule has 0 spiro atoms. The van der Waals surface area contributed by atoms with Gasteiger partial charge in [0.05, 0.1) is 0 Å². The molecule has 5 fully saturated rings. The molecule has 0 unspecified atom stereocenters. The molecule has 48 heavy (non-hydrogen) atoms. The van der Waals surface area contributed by atoms with Gasteiger partial charge in [0.25, 0.3) is 0 Å². The van der Waals surface area contributed by atoms with E-state index in [1.54, 1.807) is 5.57 Å². The molecule has 5 saturated carbocycles. The van der Waals surface area contributed by atoms with E-state index in [0.717, 1.165) is 59.6 Å². The van der Waals surface area contributed by atoms with Crippen LogP contribution in [0, 0.1) is 41.4 Å². The molecule has 3 heterocycles. The zero-order chi connectivity index (χ0) is 32.5. The lowest BCUT2D eigenvalue weighted by molar-refractivity contribution is 0.00813. The molecule has 0 aromatic carbocycles. The first-order valence-corrected chi connectivity index (χ1v) is 21.0. The Hall–Kier alpha value is -2.06. The number of hydrogen-bond donors (Lipinski definition) is 0. The maximum atomic E-state index is 3.16. The third kappa shape index (κ3) is 7.36. The lowest BCUT2D eigenvalue weighted by Gasteiger charge is -2.49. The highest BCUT2D eigenvalue weighted by Crippen LogP contribution is 2.46. The van der Waals surface area contributed by atoms with Gasteiger partial charge in [-0.2, -0.15) is 0 Å². The van der Waals surface area contributed by atoms with Crippen molar-refractivity contribution in [1.82, 2.24) is 9.80 Å². The fourth-order valence-corrected chi connectivity index (χ4v) is 11.8. The first-order valence-electron chi connectivity index (χ1n) is 21.0.